The van der Waals surface area contributed by atoms with Crippen LogP contribution in [0.5, 0.6) is 0 Å². The molecular weight excluding hydrogens is 230 g/mol. The van der Waals surface area contributed by atoms with Gasteiger partial charge in [-0.3, -0.25) is 10.1 Å². The first kappa shape index (κ1) is 13.1. The molecule has 1 aromatic rings. The second kappa shape index (κ2) is 5.98. The van der Waals surface area contributed by atoms with Gasteiger partial charge in [-0.05, 0) is 29.9 Å². The van der Waals surface area contributed by atoms with Gasteiger partial charge in [0.25, 0.3) is 0 Å². The lowest BCUT2D eigenvalue weighted by atomic mass is 10.0. The third kappa shape index (κ3) is 3.31. The topological polar surface area (TPSA) is 58.6 Å². The van der Waals surface area contributed by atoms with E-state index in [-0.39, 0.29) is 0 Å². The lowest BCUT2D eigenvalue weighted by Gasteiger charge is -2.15. The Kier molecular flexibility index (Phi) is 4.33. The largest absolute Gasteiger partial charge is 0.480 e. The summed E-state index contributed by atoms with van der Waals surface area (Å²) in [5.41, 5.74) is 2.11. The Hall–Kier alpha value is -1.39. The molecule has 1 aliphatic carbocycles. The Morgan fingerprint density at radius 2 is 2.11 bits per heavy atom. The van der Waals surface area contributed by atoms with Gasteiger partial charge in [0.1, 0.15) is 6.04 Å². The Morgan fingerprint density at radius 1 is 1.44 bits per heavy atom. The first-order valence-electron chi connectivity index (χ1n) is 6.27. The lowest BCUT2D eigenvalue weighted by Crippen LogP contribution is -2.31. The molecule has 0 aliphatic heterocycles. The van der Waals surface area contributed by atoms with E-state index in [2.05, 4.69) is 5.32 Å². The summed E-state index contributed by atoms with van der Waals surface area (Å²) in [4.78, 5) is 11.2. The van der Waals surface area contributed by atoms with E-state index >= 15 is 0 Å². The van der Waals surface area contributed by atoms with Crippen molar-refractivity contribution in [3.05, 3.63) is 35.4 Å². The fourth-order valence-corrected chi connectivity index (χ4v) is 2.03. The Bertz CT molecular complexity index is 398. The van der Waals surface area contributed by atoms with Crippen LogP contribution in [0.4, 0.5) is 0 Å². The summed E-state index contributed by atoms with van der Waals surface area (Å²) < 4.78 is 4.91. The molecule has 1 aliphatic rings. The average molecular weight is 249 g/mol. The number of rotatable bonds is 7. The number of methoxy groups -OCH3 is 1. The molecule has 98 valence electrons. The van der Waals surface area contributed by atoms with Crippen LogP contribution in [0.25, 0.3) is 0 Å². The highest BCUT2D eigenvalue weighted by molar-refractivity contribution is 5.75. The lowest BCUT2D eigenvalue weighted by molar-refractivity contribution is -0.139. The summed E-state index contributed by atoms with van der Waals surface area (Å²) in [6.07, 6.45) is 2.52. The summed E-state index contributed by atoms with van der Waals surface area (Å²) in [6, 6.07) is 7.24. The van der Waals surface area contributed by atoms with Crippen molar-refractivity contribution < 1.29 is 14.6 Å². The van der Waals surface area contributed by atoms with Crippen molar-refractivity contribution in [1.29, 1.82) is 0 Å². The van der Waals surface area contributed by atoms with Gasteiger partial charge in [0, 0.05) is 13.7 Å². The highest BCUT2D eigenvalue weighted by Crippen LogP contribution is 2.40. The summed E-state index contributed by atoms with van der Waals surface area (Å²) in [7, 11) is 1.60. The second-order valence-electron chi connectivity index (χ2n) is 4.66. The van der Waals surface area contributed by atoms with Gasteiger partial charge in [0.2, 0.25) is 0 Å². The monoisotopic (exact) mass is 249 g/mol. The Labute approximate surface area is 107 Å². The van der Waals surface area contributed by atoms with Crippen LogP contribution in [0.1, 0.15) is 35.9 Å². The zero-order valence-corrected chi connectivity index (χ0v) is 10.6. The van der Waals surface area contributed by atoms with Crippen LogP contribution < -0.4 is 5.32 Å². The van der Waals surface area contributed by atoms with Gasteiger partial charge < -0.3 is 9.84 Å². The molecule has 0 spiro atoms. The van der Waals surface area contributed by atoms with Crippen LogP contribution in [0.15, 0.2) is 24.3 Å². The van der Waals surface area contributed by atoms with Crippen molar-refractivity contribution in [1.82, 2.24) is 5.32 Å². The highest BCUT2D eigenvalue weighted by atomic mass is 16.5. The van der Waals surface area contributed by atoms with E-state index in [0.29, 0.717) is 19.1 Å². The van der Waals surface area contributed by atoms with Crippen molar-refractivity contribution >= 4 is 5.97 Å². The number of aliphatic carboxylic acids is 1. The van der Waals surface area contributed by atoms with Crippen LogP contribution in [0.2, 0.25) is 0 Å². The molecular formula is C14H19NO3. The first-order chi connectivity index (χ1) is 8.72. The van der Waals surface area contributed by atoms with Crippen LogP contribution in [0.3, 0.4) is 0 Å². The molecule has 2 N–H and O–H groups in total. The predicted molar refractivity (Wildman–Crippen MR) is 68.7 cm³/mol. The van der Waals surface area contributed by atoms with E-state index in [9.17, 15) is 9.90 Å². The van der Waals surface area contributed by atoms with Crippen molar-refractivity contribution in [2.45, 2.75) is 24.8 Å². The van der Waals surface area contributed by atoms with Gasteiger partial charge >= 0.3 is 5.97 Å². The van der Waals surface area contributed by atoms with Gasteiger partial charge in [-0.1, -0.05) is 24.3 Å². The maximum absolute atomic E-state index is 11.2. The molecule has 4 heteroatoms. The molecule has 2 rings (SSSR count). The quantitative estimate of drug-likeness (QED) is 0.725. The van der Waals surface area contributed by atoms with Crippen molar-refractivity contribution in [2.75, 3.05) is 20.3 Å². The van der Waals surface area contributed by atoms with Crippen molar-refractivity contribution in [2.24, 2.45) is 0 Å². The summed E-state index contributed by atoms with van der Waals surface area (Å²) in [5, 5.41) is 12.2. The Morgan fingerprint density at radius 3 is 2.61 bits per heavy atom. The normalized spacial score (nSPS) is 16.5. The van der Waals surface area contributed by atoms with E-state index in [1.807, 2.05) is 24.3 Å². The fraction of sp³-hybridized carbons (Fsp3) is 0.500. The molecule has 1 unspecified atom stereocenters. The van der Waals surface area contributed by atoms with Gasteiger partial charge in [0.15, 0.2) is 0 Å². The zero-order chi connectivity index (χ0) is 13.0. The second-order valence-corrected chi connectivity index (χ2v) is 4.66. The van der Waals surface area contributed by atoms with Crippen LogP contribution in [-0.4, -0.2) is 31.3 Å². The third-order valence-electron chi connectivity index (χ3n) is 3.22. The molecule has 4 nitrogen and oxygen atoms in total. The van der Waals surface area contributed by atoms with Crippen LogP contribution in [-0.2, 0) is 9.53 Å². The van der Waals surface area contributed by atoms with E-state index in [1.54, 1.807) is 7.11 Å². The smallest absolute Gasteiger partial charge is 0.325 e. The van der Waals surface area contributed by atoms with E-state index in [1.165, 1.54) is 18.4 Å². The molecule has 1 fully saturated rings. The van der Waals surface area contributed by atoms with E-state index in [4.69, 9.17) is 4.74 Å². The summed E-state index contributed by atoms with van der Waals surface area (Å²) in [5.74, 6) is -0.158. The van der Waals surface area contributed by atoms with Gasteiger partial charge in [0.05, 0.1) is 6.61 Å². The number of carbonyl (C=O) groups is 1. The van der Waals surface area contributed by atoms with Crippen molar-refractivity contribution in [3.63, 3.8) is 0 Å². The third-order valence-corrected chi connectivity index (χ3v) is 3.22. The number of carboxylic acid groups (broad SMARTS) is 1. The average Bonchev–Trinajstić information content (AvgIpc) is 3.19. The minimum Gasteiger partial charge on any atom is -0.480 e. The number of carboxylic acids is 1. The maximum atomic E-state index is 11.2. The number of ether oxygens (including phenoxy) is 1. The maximum Gasteiger partial charge on any atom is 0.325 e. The number of benzene rings is 1. The molecule has 0 aromatic heterocycles. The SMILES string of the molecule is COCCNC(C(=O)O)c1ccc(C2CC2)cc1. The van der Waals surface area contributed by atoms with Gasteiger partial charge in [-0.15, -0.1) is 0 Å². The minimum absolute atomic E-state index is 0.504. The molecule has 1 saturated carbocycles. The zero-order valence-electron chi connectivity index (χ0n) is 10.6. The summed E-state index contributed by atoms with van der Waals surface area (Å²) in [6.45, 7) is 1.03. The number of hydrogen-bond donors (Lipinski definition) is 2. The van der Waals surface area contributed by atoms with Crippen molar-refractivity contribution in [3.8, 4) is 0 Å². The van der Waals surface area contributed by atoms with Crippen LogP contribution >= 0.6 is 0 Å². The summed E-state index contributed by atoms with van der Waals surface area (Å²) >= 11 is 0. The molecule has 18 heavy (non-hydrogen) atoms. The molecule has 0 amide bonds. The number of hydrogen-bond acceptors (Lipinski definition) is 3. The molecule has 1 aromatic carbocycles. The molecule has 0 heterocycles. The van der Waals surface area contributed by atoms with Crippen LogP contribution in [0, 0.1) is 0 Å². The minimum atomic E-state index is -0.856. The number of nitrogens with one attached hydrogen (secondary N) is 1. The molecule has 0 bridgehead atoms. The highest BCUT2D eigenvalue weighted by Gasteiger charge is 2.24. The molecule has 1 atom stereocenters. The standard InChI is InChI=1S/C14H19NO3/c1-18-9-8-15-13(14(16)17)12-6-4-11(5-7-12)10-2-3-10/h4-7,10,13,15H,2-3,8-9H2,1H3,(H,16,17). The van der Waals surface area contributed by atoms with Gasteiger partial charge in [-0.2, -0.15) is 0 Å². The Balaban J connectivity index is 2.02. The fourth-order valence-electron chi connectivity index (χ4n) is 2.03. The predicted octanol–water partition coefficient (Wildman–Crippen LogP) is 1.93. The van der Waals surface area contributed by atoms with E-state index < -0.39 is 12.0 Å². The first-order valence-corrected chi connectivity index (χ1v) is 6.27. The molecule has 0 saturated heterocycles. The molecule has 0 radical (unpaired) electrons. The van der Waals surface area contributed by atoms with Gasteiger partial charge in [-0.25, -0.2) is 0 Å². The van der Waals surface area contributed by atoms with E-state index in [0.717, 1.165) is 5.56 Å².